The summed E-state index contributed by atoms with van der Waals surface area (Å²) in [5, 5.41) is 22.9. The van der Waals surface area contributed by atoms with E-state index in [-0.39, 0.29) is 11.5 Å². The number of ether oxygens (including phenoxy) is 1. The van der Waals surface area contributed by atoms with Crippen molar-refractivity contribution in [2.24, 2.45) is 11.3 Å². The molecular formula is C24H30F2N4O2. The monoisotopic (exact) mass is 444 g/mol. The lowest BCUT2D eigenvalue weighted by Gasteiger charge is -2.39. The van der Waals surface area contributed by atoms with Crippen molar-refractivity contribution in [3.63, 3.8) is 0 Å². The van der Waals surface area contributed by atoms with Gasteiger partial charge in [-0.1, -0.05) is 26.0 Å². The third-order valence-corrected chi connectivity index (χ3v) is 6.03. The predicted molar refractivity (Wildman–Crippen MR) is 118 cm³/mol. The predicted octanol–water partition coefficient (Wildman–Crippen LogP) is 4.38. The molecule has 2 N–H and O–H groups in total. The van der Waals surface area contributed by atoms with E-state index < -0.39 is 13.0 Å². The molecule has 172 valence electrons. The van der Waals surface area contributed by atoms with Crippen LogP contribution in [-0.2, 0) is 12.8 Å². The number of aromatic nitrogens is 2. The second-order valence-electron chi connectivity index (χ2n) is 9.04. The number of nitrogens with zero attached hydrogens (tertiary/aromatic N) is 3. The summed E-state index contributed by atoms with van der Waals surface area (Å²) in [5.74, 6) is 1.26. The molecule has 1 heterocycles. The molecule has 0 aliphatic heterocycles. The van der Waals surface area contributed by atoms with Gasteiger partial charge in [-0.2, -0.15) is 5.26 Å². The van der Waals surface area contributed by atoms with Crippen molar-refractivity contribution in [1.82, 2.24) is 9.97 Å². The molecule has 1 fully saturated rings. The maximum atomic E-state index is 12.2. The van der Waals surface area contributed by atoms with Crippen LogP contribution in [0.1, 0.15) is 49.9 Å². The Labute approximate surface area is 187 Å². The van der Waals surface area contributed by atoms with Gasteiger partial charge in [-0.05, 0) is 61.1 Å². The first-order valence-electron chi connectivity index (χ1n) is 10.9. The van der Waals surface area contributed by atoms with Gasteiger partial charge < -0.3 is 15.2 Å². The minimum Gasteiger partial charge on any atom is -0.488 e. The van der Waals surface area contributed by atoms with Crippen molar-refractivity contribution in [3.05, 3.63) is 47.3 Å². The van der Waals surface area contributed by atoms with Crippen LogP contribution in [0.3, 0.4) is 0 Å². The van der Waals surface area contributed by atoms with E-state index in [4.69, 9.17) is 4.74 Å². The fourth-order valence-corrected chi connectivity index (χ4v) is 4.20. The molecule has 0 saturated heterocycles. The smallest absolute Gasteiger partial charge is 0.272 e. The Balaban J connectivity index is 1.55. The molecule has 1 aromatic heterocycles. The first kappa shape index (κ1) is 23.9. The molecule has 2 atom stereocenters. The Morgan fingerprint density at radius 2 is 2.03 bits per heavy atom. The standard InChI is InChI=1S/C24H30F2N4O2/c1-24(2)12-17(5-8-21(24)31)11-20-18(13-27)14-29-23(30-20)28-10-9-16-3-6-19(7-4-16)32-15-22(25)26/h3-4,6-7,14,17,21-22,31H,5,8-12,15H2,1-2H3,(H,28,29,30)/t17-,21+/m0/s1. The van der Waals surface area contributed by atoms with Crippen LogP contribution in [0.25, 0.3) is 0 Å². The number of rotatable bonds is 9. The van der Waals surface area contributed by atoms with Crippen molar-refractivity contribution in [2.45, 2.75) is 58.5 Å². The van der Waals surface area contributed by atoms with Crippen molar-refractivity contribution in [2.75, 3.05) is 18.5 Å². The van der Waals surface area contributed by atoms with Crippen LogP contribution in [-0.4, -0.2) is 40.8 Å². The zero-order valence-electron chi connectivity index (χ0n) is 18.5. The third kappa shape index (κ3) is 6.60. The van der Waals surface area contributed by atoms with Crippen LogP contribution < -0.4 is 10.1 Å². The van der Waals surface area contributed by atoms with Crippen LogP contribution in [0.2, 0.25) is 0 Å². The van der Waals surface area contributed by atoms with Gasteiger partial charge in [0.25, 0.3) is 6.43 Å². The summed E-state index contributed by atoms with van der Waals surface area (Å²) in [5.41, 5.74) is 2.12. The highest BCUT2D eigenvalue weighted by molar-refractivity contribution is 5.37. The lowest BCUT2D eigenvalue weighted by atomic mass is 9.69. The Morgan fingerprint density at radius 1 is 1.28 bits per heavy atom. The minimum absolute atomic E-state index is 0.135. The Morgan fingerprint density at radius 3 is 2.69 bits per heavy atom. The lowest BCUT2D eigenvalue weighted by molar-refractivity contribution is -0.00748. The van der Waals surface area contributed by atoms with E-state index in [2.05, 4.69) is 35.2 Å². The van der Waals surface area contributed by atoms with Crippen LogP contribution in [0.4, 0.5) is 14.7 Å². The number of halogens is 2. The van der Waals surface area contributed by atoms with Crippen LogP contribution in [0.15, 0.2) is 30.5 Å². The van der Waals surface area contributed by atoms with Crippen molar-refractivity contribution < 1.29 is 18.6 Å². The molecule has 6 nitrogen and oxygen atoms in total. The molecule has 0 bridgehead atoms. The number of aliphatic hydroxyl groups excluding tert-OH is 1. The number of aliphatic hydroxyl groups is 1. The first-order valence-corrected chi connectivity index (χ1v) is 10.9. The summed E-state index contributed by atoms with van der Waals surface area (Å²) in [6.07, 6.45) is 2.74. The molecule has 2 aromatic rings. The number of hydrogen-bond donors (Lipinski definition) is 2. The third-order valence-electron chi connectivity index (χ3n) is 6.03. The number of nitrogens with one attached hydrogen (secondary N) is 1. The maximum absolute atomic E-state index is 12.2. The normalized spacial score (nSPS) is 20.0. The number of anilines is 1. The first-order chi connectivity index (χ1) is 15.3. The van der Waals surface area contributed by atoms with Crippen molar-refractivity contribution in [3.8, 4) is 11.8 Å². The van der Waals surface area contributed by atoms with E-state index in [1.54, 1.807) is 18.3 Å². The van der Waals surface area contributed by atoms with Gasteiger partial charge >= 0.3 is 0 Å². The van der Waals surface area contributed by atoms with Crippen LogP contribution in [0.5, 0.6) is 5.75 Å². The van der Waals surface area contributed by atoms with Gasteiger partial charge in [0.1, 0.15) is 18.4 Å². The number of alkyl halides is 2. The van der Waals surface area contributed by atoms with E-state index in [0.717, 1.165) is 30.5 Å². The molecule has 0 amide bonds. The maximum Gasteiger partial charge on any atom is 0.272 e. The Hall–Kier alpha value is -2.79. The summed E-state index contributed by atoms with van der Waals surface area (Å²) in [6, 6.07) is 9.22. The second kappa shape index (κ2) is 10.7. The quantitative estimate of drug-likeness (QED) is 0.597. The van der Waals surface area contributed by atoms with Crippen molar-refractivity contribution in [1.29, 1.82) is 5.26 Å². The summed E-state index contributed by atoms with van der Waals surface area (Å²) >= 11 is 0. The summed E-state index contributed by atoms with van der Waals surface area (Å²) in [4.78, 5) is 8.85. The fraction of sp³-hybridized carbons (Fsp3) is 0.542. The highest BCUT2D eigenvalue weighted by Gasteiger charge is 2.35. The average molecular weight is 445 g/mol. The van der Waals surface area contributed by atoms with Gasteiger partial charge in [0, 0.05) is 6.54 Å². The summed E-state index contributed by atoms with van der Waals surface area (Å²) in [7, 11) is 0. The molecule has 0 radical (unpaired) electrons. The molecule has 32 heavy (non-hydrogen) atoms. The molecule has 0 spiro atoms. The average Bonchev–Trinajstić information content (AvgIpc) is 2.76. The minimum atomic E-state index is -2.49. The van der Waals surface area contributed by atoms with Gasteiger partial charge in [-0.15, -0.1) is 0 Å². The molecule has 1 aliphatic carbocycles. The lowest BCUT2D eigenvalue weighted by Crippen LogP contribution is -2.37. The van der Waals surface area contributed by atoms with Crippen LogP contribution in [0, 0.1) is 22.7 Å². The number of benzene rings is 1. The van der Waals surface area contributed by atoms with Gasteiger partial charge in [-0.25, -0.2) is 18.7 Å². The topological polar surface area (TPSA) is 91.1 Å². The largest absolute Gasteiger partial charge is 0.488 e. The van der Waals surface area contributed by atoms with Crippen molar-refractivity contribution >= 4 is 5.95 Å². The molecule has 1 aromatic carbocycles. The molecule has 1 saturated carbocycles. The van der Waals surface area contributed by atoms with E-state index in [1.165, 1.54) is 0 Å². The Bertz CT molecular complexity index is 929. The highest BCUT2D eigenvalue weighted by atomic mass is 19.3. The van der Waals surface area contributed by atoms with Crippen LogP contribution >= 0.6 is 0 Å². The Kier molecular flexibility index (Phi) is 7.97. The molecule has 0 unspecified atom stereocenters. The second-order valence-corrected chi connectivity index (χ2v) is 9.04. The van der Waals surface area contributed by atoms with E-state index in [1.807, 2.05) is 12.1 Å². The molecule has 1 aliphatic rings. The van der Waals surface area contributed by atoms with Gasteiger partial charge in [0.05, 0.1) is 23.6 Å². The van der Waals surface area contributed by atoms with E-state index in [0.29, 0.717) is 42.6 Å². The highest BCUT2D eigenvalue weighted by Crippen LogP contribution is 2.40. The molecule has 3 rings (SSSR count). The zero-order chi connectivity index (χ0) is 23.1. The van der Waals surface area contributed by atoms with E-state index in [9.17, 15) is 19.1 Å². The van der Waals surface area contributed by atoms with E-state index >= 15 is 0 Å². The molecule has 8 heteroatoms. The molecular weight excluding hydrogens is 414 g/mol. The van der Waals surface area contributed by atoms with Gasteiger partial charge in [-0.3, -0.25) is 0 Å². The SMILES string of the molecule is CC1(C)C[C@H](Cc2nc(NCCc3ccc(OCC(F)F)cc3)ncc2C#N)CC[C@H]1O. The van der Waals surface area contributed by atoms with Gasteiger partial charge in [0.15, 0.2) is 0 Å². The number of hydrogen-bond acceptors (Lipinski definition) is 6. The summed E-state index contributed by atoms with van der Waals surface area (Å²) in [6.45, 7) is 4.14. The summed E-state index contributed by atoms with van der Waals surface area (Å²) < 4.78 is 29.4. The fourth-order valence-electron chi connectivity index (χ4n) is 4.20. The zero-order valence-corrected chi connectivity index (χ0v) is 18.5. The van der Waals surface area contributed by atoms with Gasteiger partial charge in [0.2, 0.25) is 5.95 Å². The number of nitriles is 1.